The van der Waals surface area contributed by atoms with Crippen LogP contribution in [0.4, 0.5) is 0 Å². The number of aromatic amines is 1. The van der Waals surface area contributed by atoms with Gasteiger partial charge in [-0.05, 0) is 24.5 Å². The molecule has 3 rings (SSSR count). The fraction of sp³-hybridized carbons (Fsp3) is 0.333. The summed E-state index contributed by atoms with van der Waals surface area (Å²) in [6.45, 7) is 0. The highest BCUT2D eigenvalue weighted by Gasteiger charge is 2.40. The zero-order valence-electron chi connectivity index (χ0n) is 7.96. The minimum Gasteiger partial charge on any atom is -0.390 e. The van der Waals surface area contributed by atoms with Gasteiger partial charge in [-0.3, -0.25) is 0 Å². The predicted octanol–water partition coefficient (Wildman–Crippen LogP) is 2.24. The topological polar surface area (TPSA) is 36.0 Å². The van der Waals surface area contributed by atoms with Crippen molar-refractivity contribution in [3.8, 4) is 0 Å². The van der Waals surface area contributed by atoms with Crippen molar-refractivity contribution in [3.05, 3.63) is 36.0 Å². The highest BCUT2D eigenvalue weighted by Crippen LogP contribution is 2.39. The minimum atomic E-state index is -0.398. The summed E-state index contributed by atoms with van der Waals surface area (Å²) in [4.78, 5) is 3.23. The molecule has 1 heterocycles. The molecule has 0 radical (unpaired) electrons. The number of hydrogen-bond acceptors (Lipinski definition) is 1. The van der Waals surface area contributed by atoms with Crippen LogP contribution >= 0.6 is 0 Å². The standard InChI is InChI=1S/C12H13NO/c14-12(5-6-12)7-9-8-13-11-4-2-1-3-10(9)11/h1-4,8,13-14H,5-7H2. The average Bonchev–Trinajstić information content (AvgIpc) is 2.77. The molecule has 72 valence electrons. The Balaban J connectivity index is 2.04. The molecule has 2 aromatic rings. The molecule has 1 aromatic heterocycles. The van der Waals surface area contributed by atoms with Crippen LogP contribution in [0.15, 0.2) is 30.5 Å². The SMILES string of the molecule is OC1(Cc2c[nH]c3ccccc23)CC1. The number of aromatic nitrogens is 1. The number of H-pyrrole nitrogens is 1. The monoisotopic (exact) mass is 187 g/mol. The second-order valence-electron chi connectivity index (χ2n) is 4.26. The summed E-state index contributed by atoms with van der Waals surface area (Å²) < 4.78 is 0. The molecule has 0 amide bonds. The molecule has 0 atom stereocenters. The molecule has 1 fully saturated rings. The molecular weight excluding hydrogens is 174 g/mol. The van der Waals surface area contributed by atoms with Crippen molar-refractivity contribution in [2.45, 2.75) is 24.9 Å². The van der Waals surface area contributed by atoms with Crippen molar-refractivity contribution in [1.82, 2.24) is 4.98 Å². The Labute approximate surface area is 82.6 Å². The van der Waals surface area contributed by atoms with Crippen LogP contribution in [0.25, 0.3) is 10.9 Å². The Hall–Kier alpha value is -1.28. The number of hydrogen-bond donors (Lipinski definition) is 2. The number of aliphatic hydroxyl groups is 1. The first-order valence-electron chi connectivity index (χ1n) is 5.04. The van der Waals surface area contributed by atoms with E-state index in [1.54, 1.807) is 0 Å². The van der Waals surface area contributed by atoms with E-state index in [1.807, 2.05) is 18.3 Å². The lowest BCUT2D eigenvalue weighted by Gasteiger charge is -2.05. The van der Waals surface area contributed by atoms with Crippen molar-refractivity contribution in [2.75, 3.05) is 0 Å². The molecule has 0 spiro atoms. The number of nitrogens with one attached hydrogen (secondary N) is 1. The number of benzene rings is 1. The molecule has 14 heavy (non-hydrogen) atoms. The second-order valence-corrected chi connectivity index (χ2v) is 4.26. The van der Waals surface area contributed by atoms with Crippen LogP contribution in [0.5, 0.6) is 0 Å². The number of rotatable bonds is 2. The summed E-state index contributed by atoms with van der Waals surface area (Å²) in [5.41, 5.74) is 2.00. The average molecular weight is 187 g/mol. The first-order valence-corrected chi connectivity index (χ1v) is 5.04. The number of para-hydroxylation sites is 1. The third kappa shape index (κ3) is 1.23. The molecular formula is C12H13NO. The molecule has 1 saturated carbocycles. The van der Waals surface area contributed by atoms with Crippen LogP contribution in [0, 0.1) is 0 Å². The smallest absolute Gasteiger partial charge is 0.0690 e. The van der Waals surface area contributed by atoms with Gasteiger partial charge in [-0.1, -0.05) is 18.2 Å². The van der Waals surface area contributed by atoms with E-state index in [-0.39, 0.29) is 0 Å². The van der Waals surface area contributed by atoms with Crippen molar-refractivity contribution in [2.24, 2.45) is 0 Å². The fourth-order valence-corrected chi connectivity index (χ4v) is 1.95. The van der Waals surface area contributed by atoms with E-state index < -0.39 is 5.60 Å². The molecule has 2 heteroatoms. The molecule has 2 nitrogen and oxygen atoms in total. The van der Waals surface area contributed by atoms with Crippen LogP contribution in [0.3, 0.4) is 0 Å². The van der Waals surface area contributed by atoms with Gasteiger partial charge in [0.15, 0.2) is 0 Å². The molecule has 2 N–H and O–H groups in total. The van der Waals surface area contributed by atoms with Gasteiger partial charge in [-0.15, -0.1) is 0 Å². The van der Waals surface area contributed by atoms with Crippen LogP contribution < -0.4 is 0 Å². The van der Waals surface area contributed by atoms with Gasteiger partial charge in [0, 0.05) is 23.5 Å². The maximum absolute atomic E-state index is 9.85. The number of fused-ring (bicyclic) bond motifs is 1. The van der Waals surface area contributed by atoms with Crippen molar-refractivity contribution >= 4 is 10.9 Å². The summed E-state index contributed by atoms with van der Waals surface area (Å²) in [5, 5.41) is 11.1. The Bertz CT molecular complexity index is 468. The normalized spacial score (nSPS) is 18.6. The zero-order chi connectivity index (χ0) is 9.60. The maximum atomic E-state index is 9.85. The molecule has 0 bridgehead atoms. The highest BCUT2D eigenvalue weighted by atomic mass is 16.3. The lowest BCUT2D eigenvalue weighted by atomic mass is 10.1. The molecule has 0 aliphatic heterocycles. The minimum absolute atomic E-state index is 0.398. The summed E-state index contributed by atoms with van der Waals surface area (Å²) in [6.07, 6.45) is 4.71. The van der Waals surface area contributed by atoms with Gasteiger partial charge < -0.3 is 10.1 Å². The molecule has 1 aliphatic rings. The second kappa shape index (κ2) is 2.61. The summed E-state index contributed by atoms with van der Waals surface area (Å²) in [7, 11) is 0. The van der Waals surface area contributed by atoms with Gasteiger partial charge >= 0.3 is 0 Å². The van der Waals surface area contributed by atoms with Gasteiger partial charge in [-0.25, -0.2) is 0 Å². The van der Waals surface area contributed by atoms with Crippen molar-refractivity contribution in [1.29, 1.82) is 0 Å². The lowest BCUT2D eigenvalue weighted by molar-refractivity contribution is 0.151. The first kappa shape index (κ1) is 8.06. The van der Waals surface area contributed by atoms with Gasteiger partial charge in [0.1, 0.15) is 0 Å². The third-order valence-electron chi connectivity index (χ3n) is 3.02. The highest BCUT2D eigenvalue weighted by molar-refractivity contribution is 5.83. The van der Waals surface area contributed by atoms with E-state index in [4.69, 9.17) is 0 Å². The first-order chi connectivity index (χ1) is 6.77. The Morgan fingerprint density at radius 2 is 2.07 bits per heavy atom. The zero-order valence-corrected chi connectivity index (χ0v) is 7.96. The van der Waals surface area contributed by atoms with E-state index >= 15 is 0 Å². The van der Waals surface area contributed by atoms with E-state index in [2.05, 4.69) is 17.1 Å². The predicted molar refractivity (Wildman–Crippen MR) is 56.2 cm³/mol. The largest absolute Gasteiger partial charge is 0.390 e. The van der Waals surface area contributed by atoms with E-state index in [0.29, 0.717) is 0 Å². The molecule has 1 aliphatic carbocycles. The quantitative estimate of drug-likeness (QED) is 0.743. The van der Waals surface area contributed by atoms with Gasteiger partial charge in [-0.2, -0.15) is 0 Å². The van der Waals surface area contributed by atoms with Crippen LogP contribution in [-0.4, -0.2) is 15.7 Å². The molecule has 0 saturated heterocycles. The van der Waals surface area contributed by atoms with Gasteiger partial charge in [0.25, 0.3) is 0 Å². The van der Waals surface area contributed by atoms with Crippen LogP contribution in [0.2, 0.25) is 0 Å². The Morgan fingerprint density at radius 1 is 1.29 bits per heavy atom. The van der Waals surface area contributed by atoms with Crippen molar-refractivity contribution < 1.29 is 5.11 Å². The van der Waals surface area contributed by atoms with Crippen molar-refractivity contribution in [3.63, 3.8) is 0 Å². The van der Waals surface area contributed by atoms with E-state index in [9.17, 15) is 5.11 Å². The van der Waals surface area contributed by atoms with Crippen LogP contribution in [0.1, 0.15) is 18.4 Å². The summed E-state index contributed by atoms with van der Waals surface area (Å²) in [6, 6.07) is 8.23. The van der Waals surface area contributed by atoms with Gasteiger partial charge in [0.05, 0.1) is 5.60 Å². The van der Waals surface area contributed by atoms with E-state index in [1.165, 1.54) is 10.9 Å². The van der Waals surface area contributed by atoms with Gasteiger partial charge in [0.2, 0.25) is 0 Å². The van der Waals surface area contributed by atoms with E-state index in [0.717, 1.165) is 24.8 Å². The fourth-order valence-electron chi connectivity index (χ4n) is 1.95. The lowest BCUT2D eigenvalue weighted by Crippen LogP contribution is -2.09. The maximum Gasteiger partial charge on any atom is 0.0690 e. The molecule has 0 unspecified atom stereocenters. The Kier molecular flexibility index (Phi) is 1.50. The van der Waals surface area contributed by atoms with Crippen LogP contribution in [-0.2, 0) is 6.42 Å². The molecule has 1 aromatic carbocycles. The summed E-state index contributed by atoms with van der Waals surface area (Å²) >= 11 is 0. The third-order valence-corrected chi connectivity index (χ3v) is 3.02. The Morgan fingerprint density at radius 3 is 2.86 bits per heavy atom. The summed E-state index contributed by atoms with van der Waals surface area (Å²) in [5.74, 6) is 0.